The highest BCUT2D eigenvalue weighted by atomic mass is 16.6. The van der Waals surface area contributed by atoms with E-state index in [1.54, 1.807) is 18.5 Å². The average molecular weight is 471 g/mol. The lowest BCUT2D eigenvalue weighted by Gasteiger charge is -2.43. The predicted molar refractivity (Wildman–Crippen MR) is 130 cm³/mol. The van der Waals surface area contributed by atoms with Crippen molar-refractivity contribution < 1.29 is 24.2 Å². The maximum atomic E-state index is 12.6. The fraction of sp³-hybridized carbons (Fsp3) is 0.593. The Morgan fingerprint density at radius 3 is 2.65 bits per heavy atom. The van der Waals surface area contributed by atoms with Gasteiger partial charge in [-0.1, -0.05) is 37.6 Å². The molecular weight excluding hydrogens is 432 g/mol. The lowest BCUT2D eigenvalue weighted by molar-refractivity contribution is -0.153. The molecule has 0 bridgehead atoms. The van der Waals surface area contributed by atoms with Crippen molar-refractivity contribution in [3.63, 3.8) is 0 Å². The molecule has 0 saturated heterocycles. The third-order valence-electron chi connectivity index (χ3n) is 7.07. The molecule has 1 aromatic rings. The highest BCUT2D eigenvalue weighted by molar-refractivity contribution is 5.86. The Morgan fingerprint density at radius 2 is 2.00 bits per heavy atom. The molecule has 6 atom stereocenters. The van der Waals surface area contributed by atoms with Gasteiger partial charge in [-0.2, -0.15) is 0 Å². The van der Waals surface area contributed by atoms with E-state index in [1.807, 2.05) is 23.9 Å². The number of imidazole rings is 1. The van der Waals surface area contributed by atoms with Crippen LogP contribution < -0.4 is 0 Å². The topological polar surface area (TPSA) is 90.7 Å². The van der Waals surface area contributed by atoms with E-state index >= 15 is 0 Å². The van der Waals surface area contributed by atoms with Gasteiger partial charge in [-0.05, 0) is 55.9 Å². The van der Waals surface area contributed by atoms with Crippen LogP contribution in [0.4, 0.5) is 0 Å². The molecule has 0 aliphatic heterocycles. The quantitative estimate of drug-likeness (QED) is 0.393. The molecule has 7 heteroatoms. The Labute approximate surface area is 202 Å². The normalized spacial score (nSPS) is 31.0. The largest absolute Gasteiger partial charge is 0.459 e. The van der Waals surface area contributed by atoms with Gasteiger partial charge in [-0.3, -0.25) is 4.79 Å². The van der Waals surface area contributed by atoms with Gasteiger partial charge in [-0.15, -0.1) is 0 Å². The number of carbonyl (C=O) groups excluding carboxylic acids is 2. The number of aliphatic hydroxyl groups excluding tert-OH is 1. The molecule has 2 aliphatic rings. The second kappa shape index (κ2) is 11.6. The molecule has 186 valence electrons. The van der Waals surface area contributed by atoms with Crippen molar-refractivity contribution in [2.45, 2.75) is 71.7 Å². The zero-order valence-corrected chi connectivity index (χ0v) is 20.9. The number of hydrogen-bond donors (Lipinski definition) is 1. The molecule has 0 unspecified atom stereocenters. The number of rotatable bonds is 5. The molecule has 1 aromatic heterocycles. The van der Waals surface area contributed by atoms with E-state index in [0.717, 1.165) is 6.42 Å². The second-order valence-electron chi connectivity index (χ2n) is 9.99. The Morgan fingerprint density at radius 1 is 1.24 bits per heavy atom. The third kappa shape index (κ3) is 6.92. The van der Waals surface area contributed by atoms with Crippen molar-refractivity contribution in [2.75, 3.05) is 0 Å². The van der Waals surface area contributed by atoms with Crippen molar-refractivity contribution in [2.24, 2.45) is 30.7 Å². The third-order valence-corrected chi connectivity index (χ3v) is 7.07. The number of ether oxygens (including phenoxy) is 2. The number of aryl methyl sites for hydroxylation is 1. The van der Waals surface area contributed by atoms with E-state index in [4.69, 9.17) is 9.47 Å². The minimum Gasteiger partial charge on any atom is -0.459 e. The molecule has 0 amide bonds. The van der Waals surface area contributed by atoms with Crippen LogP contribution in [0.2, 0.25) is 0 Å². The Bertz CT molecular complexity index is 945. The first kappa shape index (κ1) is 25.9. The molecule has 3 rings (SSSR count). The van der Waals surface area contributed by atoms with Crippen LogP contribution in [0.25, 0.3) is 6.08 Å². The van der Waals surface area contributed by atoms with Crippen molar-refractivity contribution in [3.05, 3.63) is 48.1 Å². The van der Waals surface area contributed by atoms with E-state index in [0.29, 0.717) is 36.8 Å². The molecule has 0 saturated carbocycles. The van der Waals surface area contributed by atoms with E-state index in [1.165, 1.54) is 18.6 Å². The molecule has 2 aliphatic carbocycles. The number of aromatic nitrogens is 2. The summed E-state index contributed by atoms with van der Waals surface area (Å²) in [6, 6.07) is 0. The number of nitrogens with zero attached hydrogens (tertiary/aromatic N) is 2. The van der Waals surface area contributed by atoms with E-state index in [9.17, 15) is 14.7 Å². The van der Waals surface area contributed by atoms with Gasteiger partial charge < -0.3 is 19.1 Å². The van der Waals surface area contributed by atoms with Crippen molar-refractivity contribution >= 4 is 18.0 Å². The lowest BCUT2D eigenvalue weighted by Crippen LogP contribution is -2.40. The first-order valence-corrected chi connectivity index (χ1v) is 12.2. The Balaban J connectivity index is 1.84. The number of carbonyl (C=O) groups is 2. The van der Waals surface area contributed by atoms with E-state index < -0.39 is 18.2 Å². The summed E-state index contributed by atoms with van der Waals surface area (Å²) in [4.78, 5) is 28.6. The molecule has 0 radical (unpaired) electrons. The SMILES string of the molecule is CC(=O)O[C@@H]1C[C@@H]2[C@@H](C(C)C)CC=C(C)[C@@H]2C[C@H](OC(=O)/C=C/c2cn(C)cn2)C/C=C\[C@@H]1O. The van der Waals surface area contributed by atoms with Crippen molar-refractivity contribution in [1.82, 2.24) is 9.55 Å². The van der Waals surface area contributed by atoms with Gasteiger partial charge >= 0.3 is 11.9 Å². The maximum Gasteiger partial charge on any atom is 0.331 e. The van der Waals surface area contributed by atoms with Gasteiger partial charge in [0.15, 0.2) is 0 Å². The summed E-state index contributed by atoms with van der Waals surface area (Å²) in [5, 5.41) is 10.8. The molecule has 34 heavy (non-hydrogen) atoms. The summed E-state index contributed by atoms with van der Waals surface area (Å²) in [7, 11) is 1.87. The number of esters is 2. The first-order chi connectivity index (χ1) is 16.1. The van der Waals surface area contributed by atoms with Crippen molar-refractivity contribution in [3.8, 4) is 0 Å². The van der Waals surface area contributed by atoms with E-state index in [-0.39, 0.29) is 23.9 Å². The van der Waals surface area contributed by atoms with Crippen molar-refractivity contribution in [1.29, 1.82) is 0 Å². The standard InChI is InChI=1S/C27H38N2O5/c1-17(2)22-11-9-18(3)23-13-21(34-27(32)12-10-20-15-29(5)16-28-20)7-6-8-25(31)26(14-24(22)23)33-19(4)30/h6,8-10,12,15-17,21-26,31H,7,11,13-14H2,1-5H3/b8-6-,12-10+/t21-,22-,23+,24-,25+,26-/m1/s1. The summed E-state index contributed by atoms with van der Waals surface area (Å²) in [5.41, 5.74) is 1.96. The van der Waals surface area contributed by atoms with Crippen LogP contribution in [0.5, 0.6) is 0 Å². The Kier molecular flexibility index (Phi) is 8.89. The number of allylic oxidation sites excluding steroid dienone is 2. The highest BCUT2D eigenvalue weighted by Crippen LogP contribution is 2.45. The highest BCUT2D eigenvalue weighted by Gasteiger charge is 2.40. The monoisotopic (exact) mass is 470 g/mol. The predicted octanol–water partition coefficient (Wildman–Crippen LogP) is 4.23. The molecule has 0 spiro atoms. The first-order valence-electron chi connectivity index (χ1n) is 12.2. The van der Waals surface area contributed by atoms with Gasteiger partial charge in [0.2, 0.25) is 0 Å². The fourth-order valence-electron chi connectivity index (χ4n) is 5.33. The molecule has 7 nitrogen and oxygen atoms in total. The smallest absolute Gasteiger partial charge is 0.331 e. The van der Waals surface area contributed by atoms with Gasteiger partial charge in [-0.25, -0.2) is 9.78 Å². The van der Waals surface area contributed by atoms with Gasteiger partial charge in [0.1, 0.15) is 18.3 Å². The van der Waals surface area contributed by atoms with E-state index in [2.05, 4.69) is 31.8 Å². The van der Waals surface area contributed by atoms with Gasteiger partial charge in [0.05, 0.1) is 12.0 Å². The van der Waals surface area contributed by atoms with Crippen LogP contribution in [0, 0.1) is 23.7 Å². The minimum absolute atomic E-state index is 0.176. The molecule has 1 heterocycles. The summed E-state index contributed by atoms with van der Waals surface area (Å²) < 4.78 is 13.2. The summed E-state index contributed by atoms with van der Waals surface area (Å²) in [6.45, 7) is 7.94. The fourth-order valence-corrected chi connectivity index (χ4v) is 5.33. The maximum absolute atomic E-state index is 12.6. The minimum atomic E-state index is -0.901. The number of hydrogen-bond acceptors (Lipinski definition) is 6. The average Bonchev–Trinajstić information content (AvgIpc) is 3.18. The number of fused-ring (bicyclic) bond motifs is 1. The molecule has 0 aromatic carbocycles. The Hall–Kier alpha value is -2.67. The van der Waals surface area contributed by atoms with Crippen LogP contribution in [-0.2, 0) is 26.1 Å². The number of aliphatic hydroxyl groups is 1. The van der Waals surface area contributed by atoms with Crippen LogP contribution in [0.15, 0.2) is 42.4 Å². The zero-order valence-electron chi connectivity index (χ0n) is 20.9. The molecular formula is C27H38N2O5. The molecule has 0 fully saturated rings. The summed E-state index contributed by atoms with van der Waals surface area (Å²) >= 11 is 0. The van der Waals surface area contributed by atoms with Crippen LogP contribution in [-0.4, -0.2) is 44.9 Å². The van der Waals surface area contributed by atoms with Gasteiger partial charge in [0, 0.05) is 32.7 Å². The van der Waals surface area contributed by atoms with Crippen LogP contribution in [0.1, 0.15) is 59.1 Å². The summed E-state index contributed by atoms with van der Waals surface area (Å²) in [5.74, 6) is 0.419. The lowest BCUT2D eigenvalue weighted by atomic mass is 9.64. The van der Waals surface area contributed by atoms with Crippen LogP contribution >= 0.6 is 0 Å². The van der Waals surface area contributed by atoms with Gasteiger partial charge in [0.25, 0.3) is 0 Å². The molecule has 1 N–H and O–H groups in total. The van der Waals surface area contributed by atoms with Crippen LogP contribution in [0.3, 0.4) is 0 Å². The second-order valence-corrected chi connectivity index (χ2v) is 9.99. The summed E-state index contributed by atoms with van der Waals surface area (Å²) in [6.07, 6.45) is 13.2. The zero-order chi connectivity index (χ0) is 24.8.